The van der Waals surface area contributed by atoms with E-state index in [1.807, 2.05) is 7.05 Å². The first-order chi connectivity index (χ1) is 12.2. The highest BCUT2D eigenvalue weighted by Crippen LogP contribution is 2.33. The molecular formula is C22H19MgNS2. The standard InChI is InChI=1S/C22H17NS2.Mg.2H/c1-23(20-14-6-10-16-8-2-4-12-18(16)20)22(24)25-21-15-7-11-17-9-3-5-13-19(17)21;;;/h2-15H,1H3;;;. The number of fused-ring (bicyclic) bond motifs is 2. The van der Waals surface area contributed by atoms with Gasteiger partial charge in [0.25, 0.3) is 0 Å². The second-order valence-corrected chi connectivity index (χ2v) is 7.58. The van der Waals surface area contributed by atoms with Crippen LogP contribution in [-0.2, 0) is 0 Å². The topological polar surface area (TPSA) is 3.24 Å². The molecule has 0 aromatic heterocycles. The Kier molecular flexibility index (Phi) is 6.19. The highest BCUT2D eigenvalue weighted by Gasteiger charge is 2.13. The molecule has 0 unspecified atom stereocenters. The lowest BCUT2D eigenvalue weighted by atomic mass is 10.1. The third-order valence-corrected chi connectivity index (χ3v) is 5.90. The van der Waals surface area contributed by atoms with Crippen molar-refractivity contribution in [1.29, 1.82) is 0 Å². The van der Waals surface area contributed by atoms with E-state index in [2.05, 4.69) is 89.8 Å². The van der Waals surface area contributed by atoms with Crippen molar-refractivity contribution < 1.29 is 0 Å². The summed E-state index contributed by atoms with van der Waals surface area (Å²) in [6.07, 6.45) is 0. The van der Waals surface area contributed by atoms with Crippen LogP contribution in [0.4, 0.5) is 5.69 Å². The van der Waals surface area contributed by atoms with Crippen LogP contribution in [0, 0.1) is 0 Å². The van der Waals surface area contributed by atoms with Crippen molar-refractivity contribution in [3.05, 3.63) is 84.9 Å². The van der Waals surface area contributed by atoms with E-state index in [0.717, 1.165) is 10.0 Å². The number of rotatable bonds is 2. The van der Waals surface area contributed by atoms with E-state index < -0.39 is 0 Å². The molecule has 0 aliphatic carbocycles. The first kappa shape index (κ1) is 19.2. The molecule has 0 heterocycles. The number of thiocarbonyl (C=S) groups is 1. The monoisotopic (exact) mass is 385 g/mol. The summed E-state index contributed by atoms with van der Waals surface area (Å²) in [7, 11) is 2.04. The predicted octanol–water partition coefficient (Wildman–Crippen LogP) is 5.59. The summed E-state index contributed by atoms with van der Waals surface area (Å²) in [5.41, 5.74) is 1.14. The minimum Gasteiger partial charge on any atom is -0.330 e. The Morgan fingerprint density at radius 1 is 0.731 bits per heavy atom. The van der Waals surface area contributed by atoms with Gasteiger partial charge >= 0.3 is 23.1 Å². The van der Waals surface area contributed by atoms with E-state index in [-0.39, 0.29) is 23.1 Å². The van der Waals surface area contributed by atoms with Gasteiger partial charge in [-0.3, -0.25) is 0 Å². The fourth-order valence-electron chi connectivity index (χ4n) is 3.05. The summed E-state index contributed by atoms with van der Waals surface area (Å²) in [6, 6.07) is 29.5. The average molecular weight is 386 g/mol. The number of benzene rings is 4. The fraction of sp³-hybridized carbons (Fsp3) is 0.0455. The van der Waals surface area contributed by atoms with Gasteiger partial charge in [0.15, 0.2) is 0 Å². The molecule has 4 heteroatoms. The van der Waals surface area contributed by atoms with E-state index >= 15 is 0 Å². The maximum absolute atomic E-state index is 5.76. The van der Waals surface area contributed by atoms with Crippen molar-refractivity contribution >= 4 is 78.6 Å². The Labute approximate surface area is 179 Å². The first-order valence-corrected chi connectivity index (χ1v) is 9.37. The lowest BCUT2D eigenvalue weighted by molar-refractivity contribution is 1.33. The Morgan fingerprint density at radius 3 is 2.00 bits per heavy atom. The summed E-state index contributed by atoms with van der Waals surface area (Å²) in [5.74, 6) is 0. The quantitative estimate of drug-likeness (QED) is 0.251. The molecule has 0 saturated carbocycles. The smallest absolute Gasteiger partial charge is 0.316 e. The molecule has 26 heavy (non-hydrogen) atoms. The van der Waals surface area contributed by atoms with Crippen molar-refractivity contribution in [3.8, 4) is 0 Å². The molecule has 4 aromatic rings. The predicted molar refractivity (Wildman–Crippen MR) is 123 cm³/mol. The van der Waals surface area contributed by atoms with E-state index in [1.54, 1.807) is 11.8 Å². The van der Waals surface area contributed by atoms with E-state index in [0.29, 0.717) is 0 Å². The molecule has 126 valence electrons. The van der Waals surface area contributed by atoms with Crippen LogP contribution in [0.5, 0.6) is 0 Å². The highest BCUT2D eigenvalue weighted by atomic mass is 32.2. The Morgan fingerprint density at radius 2 is 1.27 bits per heavy atom. The summed E-state index contributed by atoms with van der Waals surface area (Å²) < 4.78 is 0.840. The van der Waals surface area contributed by atoms with E-state index in [1.165, 1.54) is 26.4 Å². The first-order valence-electron chi connectivity index (χ1n) is 8.15. The van der Waals surface area contributed by atoms with Crippen LogP contribution in [0.25, 0.3) is 21.5 Å². The fourth-order valence-corrected chi connectivity index (χ4v) is 4.28. The van der Waals surface area contributed by atoms with Gasteiger partial charge in [-0.15, -0.1) is 0 Å². The van der Waals surface area contributed by atoms with Crippen LogP contribution in [0.1, 0.15) is 0 Å². The Bertz CT molecular complexity index is 1070. The normalized spacial score (nSPS) is 10.5. The molecule has 4 rings (SSSR count). The number of hydrogen-bond donors (Lipinski definition) is 0. The van der Waals surface area contributed by atoms with Gasteiger partial charge in [0, 0.05) is 23.0 Å². The molecule has 0 aliphatic rings. The van der Waals surface area contributed by atoms with E-state index in [4.69, 9.17) is 12.2 Å². The van der Waals surface area contributed by atoms with Crippen molar-refractivity contribution in [3.63, 3.8) is 0 Å². The summed E-state index contributed by atoms with van der Waals surface area (Å²) in [4.78, 5) is 3.29. The third kappa shape index (κ3) is 3.74. The van der Waals surface area contributed by atoms with Crippen molar-refractivity contribution in [2.24, 2.45) is 0 Å². The molecular weight excluding hydrogens is 367 g/mol. The van der Waals surface area contributed by atoms with Crippen LogP contribution in [0.2, 0.25) is 0 Å². The van der Waals surface area contributed by atoms with Gasteiger partial charge in [0.05, 0.1) is 0 Å². The lowest BCUT2D eigenvalue weighted by Crippen LogP contribution is -2.21. The Balaban J connectivity index is 0.00000196. The van der Waals surface area contributed by atoms with E-state index in [9.17, 15) is 0 Å². The van der Waals surface area contributed by atoms with Crippen LogP contribution in [0.15, 0.2) is 89.8 Å². The van der Waals surface area contributed by atoms with Crippen molar-refractivity contribution in [2.45, 2.75) is 4.90 Å². The molecule has 0 N–H and O–H groups in total. The van der Waals surface area contributed by atoms with Gasteiger partial charge < -0.3 is 4.90 Å². The van der Waals surface area contributed by atoms with Crippen molar-refractivity contribution in [1.82, 2.24) is 0 Å². The Hall–Kier alpha value is -1.59. The summed E-state index contributed by atoms with van der Waals surface area (Å²) >= 11 is 7.40. The molecule has 0 radical (unpaired) electrons. The highest BCUT2D eigenvalue weighted by molar-refractivity contribution is 8.23. The lowest BCUT2D eigenvalue weighted by Gasteiger charge is -2.22. The molecule has 0 saturated heterocycles. The van der Waals surface area contributed by atoms with Gasteiger partial charge in [-0.05, 0) is 28.3 Å². The van der Waals surface area contributed by atoms with Gasteiger partial charge in [0.2, 0.25) is 0 Å². The summed E-state index contributed by atoms with van der Waals surface area (Å²) in [6.45, 7) is 0. The SMILES string of the molecule is CN(C(=S)Sc1cccc2ccccc12)c1cccc2ccccc12.[MgH2]. The van der Waals surface area contributed by atoms with Gasteiger partial charge in [-0.1, -0.05) is 96.8 Å². The van der Waals surface area contributed by atoms with Crippen molar-refractivity contribution in [2.75, 3.05) is 11.9 Å². The molecule has 0 aliphatic heterocycles. The van der Waals surface area contributed by atoms with Gasteiger partial charge in [0.1, 0.15) is 4.32 Å². The zero-order valence-electron chi connectivity index (χ0n) is 13.8. The zero-order valence-corrected chi connectivity index (χ0v) is 15.5. The molecule has 1 nitrogen and oxygen atoms in total. The minimum atomic E-state index is 0. The maximum atomic E-state index is 5.76. The molecule has 4 aromatic carbocycles. The molecule has 0 bridgehead atoms. The van der Waals surface area contributed by atoms with Crippen LogP contribution in [0.3, 0.4) is 0 Å². The van der Waals surface area contributed by atoms with Gasteiger partial charge in [-0.2, -0.15) is 0 Å². The number of thioether (sulfide) groups is 1. The zero-order chi connectivity index (χ0) is 17.2. The molecule has 0 fully saturated rings. The molecule has 0 atom stereocenters. The third-order valence-electron chi connectivity index (χ3n) is 4.35. The van der Waals surface area contributed by atoms with Gasteiger partial charge in [-0.25, -0.2) is 0 Å². The maximum Gasteiger partial charge on any atom is 0.316 e. The second kappa shape index (κ2) is 8.40. The molecule has 0 spiro atoms. The number of nitrogens with zero attached hydrogens (tertiary/aromatic N) is 1. The van der Waals surface area contributed by atoms with Crippen LogP contribution < -0.4 is 4.90 Å². The van der Waals surface area contributed by atoms with Crippen LogP contribution >= 0.6 is 24.0 Å². The number of hydrogen-bond acceptors (Lipinski definition) is 2. The minimum absolute atomic E-state index is 0. The molecule has 0 amide bonds. The number of anilines is 1. The second-order valence-electron chi connectivity index (χ2n) is 5.90. The summed E-state index contributed by atoms with van der Waals surface area (Å²) in [5, 5.41) is 4.92. The largest absolute Gasteiger partial charge is 0.330 e. The van der Waals surface area contributed by atoms with Crippen LogP contribution in [-0.4, -0.2) is 34.4 Å². The average Bonchev–Trinajstić information content (AvgIpc) is 2.67.